The van der Waals surface area contributed by atoms with Crippen LogP contribution in [0.25, 0.3) is 0 Å². The zero-order valence-corrected chi connectivity index (χ0v) is 9.28. The molecule has 18 heavy (non-hydrogen) atoms. The van der Waals surface area contributed by atoms with Crippen molar-refractivity contribution in [3.63, 3.8) is 0 Å². The number of ketones is 1. The van der Waals surface area contributed by atoms with Crippen molar-refractivity contribution in [2.75, 3.05) is 0 Å². The number of carbonyl (C=O) groups is 1. The predicted molar refractivity (Wildman–Crippen MR) is 64.0 cm³/mol. The summed E-state index contributed by atoms with van der Waals surface area (Å²) in [6, 6.07) is 11.0. The Morgan fingerprint density at radius 3 is 2.28 bits per heavy atom. The standard InChI is InChI=1S/C15H8F2O/c16-12-8-5-11(6-9-12)7-10-15(18)13-3-1-2-4-14(13)17/h1-6,8-9H. The van der Waals surface area contributed by atoms with Crippen molar-refractivity contribution in [2.24, 2.45) is 0 Å². The lowest BCUT2D eigenvalue weighted by Crippen LogP contribution is -1.98. The second-order valence-electron chi connectivity index (χ2n) is 3.57. The molecule has 2 aromatic carbocycles. The fourth-order valence-electron chi connectivity index (χ4n) is 1.37. The van der Waals surface area contributed by atoms with Gasteiger partial charge in [0.25, 0.3) is 0 Å². The van der Waals surface area contributed by atoms with Gasteiger partial charge in [0.05, 0.1) is 5.56 Å². The van der Waals surface area contributed by atoms with E-state index in [4.69, 9.17) is 0 Å². The van der Waals surface area contributed by atoms with Crippen LogP contribution in [0.2, 0.25) is 0 Å². The van der Waals surface area contributed by atoms with Gasteiger partial charge >= 0.3 is 0 Å². The number of benzene rings is 2. The molecule has 0 unspecified atom stereocenters. The van der Waals surface area contributed by atoms with E-state index in [0.717, 1.165) is 0 Å². The van der Waals surface area contributed by atoms with Crippen LogP contribution in [0.4, 0.5) is 8.78 Å². The quantitative estimate of drug-likeness (QED) is 0.554. The van der Waals surface area contributed by atoms with Crippen molar-refractivity contribution in [3.05, 3.63) is 71.3 Å². The third-order valence-corrected chi connectivity index (χ3v) is 2.28. The summed E-state index contributed by atoms with van der Waals surface area (Å²) < 4.78 is 25.9. The third kappa shape index (κ3) is 2.80. The van der Waals surface area contributed by atoms with Gasteiger partial charge in [0.2, 0.25) is 5.78 Å². The van der Waals surface area contributed by atoms with Crippen molar-refractivity contribution in [3.8, 4) is 11.8 Å². The minimum atomic E-state index is -0.601. The van der Waals surface area contributed by atoms with E-state index < -0.39 is 11.6 Å². The van der Waals surface area contributed by atoms with E-state index in [9.17, 15) is 13.6 Å². The fourth-order valence-corrected chi connectivity index (χ4v) is 1.37. The highest BCUT2D eigenvalue weighted by molar-refractivity contribution is 6.09. The number of Topliss-reactive ketones (excluding diaryl/α,β-unsaturated/α-hetero) is 1. The van der Waals surface area contributed by atoms with E-state index in [2.05, 4.69) is 11.8 Å². The van der Waals surface area contributed by atoms with Crippen molar-refractivity contribution >= 4 is 5.78 Å². The van der Waals surface area contributed by atoms with Gasteiger partial charge < -0.3 is 0 Å². The Kier molecular flexibility index (Phi) is 3.49. The highest BCUT2D eigenvalue weighted by Crippen LogP contribution is 2.07. The van der Waals surface area contributed by atoms with Crippen molar-refractivity contribution in [1.29, 1.82) is 0 Å². The van der Waals surface area contributed by atoms with Crippen LogP contribution >= 0.6 is 0 Å². The summed E-state index contributed by atoms with van der Waals surface area (Å²) in [6.45, 7) is 0. The Morgan fingerprint density at radius 2 is 1.61 bits per heavy atom. The molecule has 0 saturated carbocycles. The summed E-state index contributed by atoms with van der Waals surface area (Å²) in [5.74, 6) is 3.31. The van der Waals surface area contributed by atoms with E-state index in [-0.39, 0.29) is 11.4 Å². The van der Waals surface area contributed by atoms with Gasteiger partial charge in [-0.2, -0.15) is 0 Å². The number of rotatable bonds is 1. The summed E-state index contributed by atoms with van der Waals surface area (Å²) in [5, 5.41) is 0. The number of carbonyl (C=O) groups excluding carboxylic acids is 1. The number of hydrogen-bond acceptors (Lipinski definition) is 1. The summed E-state index contributed by atoms with van der Waals surface area (Å²) in [6.07, 6.45) is 0. The maximum absolute atomic E-state index is 13.3. The highest BCUT2D eigenvalue weighted by atomic mass is 19.1. The van der Waals surface area contributed by atoms with Crippen molar-refractivity contribution in [2.45, 2.75) is 0 Å². The van der Waals surface area contributed by atoms with Gasteiger partial charge in [-0.3, -0.25) is 4.79 Å². The summed E-state index contributed by atoms with van der Waals surface area (Å²) in [7, 11) is 0. The van der Waals surface area contributed by atoms with Crippen LogP contribution in [0.3, 0.4) is 0 Å². The molecule has 0 saturated heterocycles. The number of hydrogen-bond donors (Lipinski definition) is 0. The van der Waals surface area contributed by atoms with E-state index in [1.807, 2.05) is 0 Å². The first kappa shape index (κ1) is 12.0. The van der Waals surface area contributed by atoms with Crippen molar-refractivity contribution < 1.29 is 13.6 Å². The summed E-state index contributed by atoms with van der Waals surface area (Å²) in [5.41, 5.74) is 0.438. The lowest BCUT2D eigenvalue weighted by atomic mass is 10.1. The Hall–Kier alpha value is -2.47. The molecule has 0 spiro atoms. The molecule has 0 radical (unpaired) electrons. The molecule has 1 nitrogen and oxygen atoms in total. The molecule has 0 aliphatic carbocycles. The van der Waals surface area contributed by atoms with Crippen LogP contribution < -0.4 is 0 Å². The van der Waals surface area contributed by atoms with Crippen LogP contribution in [0, 0.1) is 23.5 Å². The van der Waals surface area contributed by atoms with E-state index in [1.165, 1.54) is 42.5 Å². The first-order valence-corrected chi connectivity index (χ1v) is 5.23. The molecule has 0 fully saturated rings. The third-order valence-electron chi connectivity index (χ3n) is 2.28. The molecule has 0 atom stereocenters. The van der Waals surface area contributed by atoms with Gasteiger partial charge in [-0.15, -0.1) is 0 Å². The van der Waals surface area contributed by atoms with Gasteiger partial charge in [0.1, 0.15) is 11.6 Å². The van der Waals surface area contributed by atoms with Crippen LogP contribution in [0.5, 0.6) is 0 Å². The van der Waals surface area contributed by atoms with Gasteiger partial charge in [-0.25, -0.2) is 8.78 Å². The molecule has 2 aromatic rings. The normalized spacial score (nSPS) is 9.44. The molecule has 0 aromatic heterocycles. The maximum atomic E-state index is 13.3. The Morgan fingerprint density at radius 1 is 0.944 bits per heavy atom. The Balaban J connectivity index is 2.23. The zero-order valence-electron chi connectivity index (χ0n) is 9.28. The second kappa shape index (κ2) is 5.24. The molecular weight excluding hydrogens is 234 g/mol. The molecule has 0 aliphatic rings. The molecule has 3 heteroatoms. The molecule has 0 amide bonds. The van der Waals surface area contributed by atoms with Crippen LogP contribution in [-0.2, 0) is 0 Å². The van der Waals surface area contributed by atoms with E-state index in [1.54, 1.807) is 6.07 Å². The first-order chi connectivity index (χ1) is 8.66. The monoisotopic (exact) mass is 242 g/mol. The molecule has 0 N–H and O–H groups in total. The summed E-state index contributed by atoms with van der Waals surface area (Å²) in [4.78, 5) is 11.6. The minimum Gasteiger partial charge on any atom is -0.279 e. The van der Waals surface area contributed by atoms with Crippen LogP contribution in [-0.4, -0.2) is 5.78 Å². The SMILES string of the molecule is O=C(C#Cc1ccc(F)cc1)c1ccccc1F. The lowest BCUT2D eigenvalue weighted by Gasteiger charge is -1.94. The number of halogens is 2. The average Bonchev–Trinajstić information content (AvgIpc) is 2.38. The smallest absolute Gasteiger partial charge is 0.239 e. The molecule has 2 rings (SSSR count). The van der Waals surface area contributed by atoms with E-state index in [0.29, 0.717) is 5.56 Å². The fraction of sp³-hybridized carbons (Fsp3) is 0. The van der Waals surface area contributed by atoms with Gasteiger partial charge in [-0.05, 0) is 42.3 Å². The van der Waals surface area contributed by atoms with Crippen LogP contribution in [0.1, 0.15) is 15.9 Å². The molecular formula is C15H8F2O. The topological polar surface area (TPSA) is 17.1 Å². The molecule has 0 bridgehead atoms. The van der Waals surface area contributed by atoms with Crippen molar-refractivity contribution in [1.82, 2.24) is 0 Å². The minimum absolute atomic E-state index is 0.0629. The van der Waals surface area contributed by atoms with Gasteiger partial charge in [-0.1, -0.05) is 18.1 Å². The van der Waals surface area contributed by atoms with E-state index >= 15 is 0 Å². The zero-order chi connectivity index (χ0) is 13.0. The van der Waals surface area contributed by atoms with Gasteiger partial charge in [0.15, 0.2) is 0 Å². The predicted octanol–water partition coefficient (Wildman–Crippen LogP) is 3.20. The lowest BCUT2D eigenvalue weighted by molar-refractivity contribution is 0.105. The Labute approximate surface area is 103 Å². The second-order valence-corrected chi connectivity index (χ2v) is 3.57. The van der Waals surface area contributed by atoms with Gasteiger partial charge in [0, 0.05) is 5.56 Å². The Bertz CT molecular complexity index is 634. The largest absolute Gasteiger partial charge is 0.279 e. The summed E-state index contributed by atoms with van der Waals surface area (Å²) >= 11 is 0. The molecule has 88 valence electrons. The first-order valence-electron chi connectivity index (χ1n) is 5.23. The average molecular weight is 242 g/mol. The molecule has 0 aliphatic heterocycles. The highest BCUT2D eigenvalue weighted by Gasteiger charge is 2.07. The van der Waals surface area contributed by atoms with Crippen LogP contribution in [0.15, 0.2) is 48.5 Å². The molecule has 0 heterocycles. The maximum Gasteiger partial charge on any atom is 0.239 e.